The van der Waals surface area contributed by atoms with E-state index in [4.69, 9.17) is 0 Å². The molecule has 7 heteroatoms. The fourth-order valence-corrected chi connectivity index (χ4v) is 3.46. The van der Waals surface area contributed by atoms with Crippen LogP contribution in [-0.2, 0) is 11.3 Å². The van der Waals surface area contributed by atoms with Gasteiger partial charge in [0.1, 0.15) is 5.82 Å². The van der Waals surface area contributed by atoms with Crippen LogP contribution >= 0.6 is 15.9 Å². The molecule has 0 bridgehead atoms. The van der Waals surface area contributed by atoms with E-state index in [2.05, 4.69) is 67.4 Å². The number of carbonyl (C=O) groups is 1. The maximum Gasteiger partial charge on any atom is 0.254 e. The van der Waals surface area contributed by atoms with Crippen LogP contribution in [0.1, 0.15) is 16.7 Å². The highest BCUT2D eigenvalue weighted by Gasteiger charge is 2.18. The van der Waals surface area contributed by atoms with Crippen LogP contribution in [0.5, 0.6) is 0 Å². The minimum Gasteiger partial charge on any atom is -0.297 e. The van der Waals surface area contributed by atoms with Crippen molar-refractivity contribution < 1.29 is 9.18 Å². The molecule has 2 aromatic carbocycles. The summed E-state index contributed by atoms with van der Waals surface area (Å²) in [6, 6.07) is 13.2. The van der Waals surface area contributed by atoms with Crippen molar-refractivity contribution in [2.75, 3.05) is 32.7 Å². The van der Waals surface area contributed by atoms with Crippen LogP contribution < -0.4 is 5.43 Å². The van der Waals surface area contributed by atoms with Crippen molar-refractivity contribution in [2.24, 2.45) is 5.10 Å². The minimum absolute atomic E-state index is 0.196. The highest BCUT2D eigenvalue weighted by Crippen LogP contribution is 2.14. The molecule has 0 aromatic heterocycles. The molecular formula is C21H24BrFN4O. The molecule has 5 nitrogen and oxygen atoms in total. The molecule has 148 valence electrons. The Labute approximate surface area is 173 Å². The number of nitrogens with zero attached hydrogens (tertiary/aromatic N) is 3. The average molecular weight is 447 g/mol. The second-order valence-electron chi connectivity index (χ2n) is 7.00. The van der Waals surface area contributed by atoms with E-state index >= 15 is 0 Å². The van der Waals surface area contributed by atoms with E-state index < -0.39 is 0 Å². The maximum absolute atomic E-state index is 13.6. The number of benzene rings is 2. The summed E-state index contributed by atoms with van der Waals surface area (Å²) in [7, 11) is 0. The summed E-state index contributed by atoms with van der Waals surface area (Å²) in [5, 5.41) is 3.86. The Kier molecular flexibility index (Phi) is 7.30. The number of hydrogen-bond acceptors (Lipinski definition) is 4. The number of nitrogens with one attached hydrogen (secondary N) is 1. The van der Waals surface area contributed by atoms with Gasteiger partial charge in [-0.05, 0) is 30.7 Å². The van der Waals surface area contributed by atoms with Crippen LogP contribution in [0.25, 0.3) is 0 Å². The van der Waals surface area contributed by atoms with Gasteiger partial charge in [0.2, 0.25) is 0 Å². The molecule has 0 aliphatic carbocycles. The number of hydrogen-bond donors (Lipinski definition) is 1. The van der Waals surface area contributed by atoms with Gasteiger partial charge in [0.05, 0.1) is 12.8 Å². The first-order chi connectivity index (χ1) is 13.5. The van der Waals surface area contributed by atoms with Crippen molar-refractivity contribution in [3.63, 3.8) is 0 Å². The quantitative estimate of drug-likeness (QED) is 0.547. The summed E-state index contributed by atoms with van der Waals surface area (Å²) in [4.78, 5) is 16.6. The number of amides is 1. The van der Waals surface area contributed by atoms with Crippen LogP contribution in [0.3, 0.4) is 0 Å². The van der Waals surface area contributed by atoms with Crippen molar-refractivity contribution >= 4 is 28.1 Å². The predicted octanol–water partition coefficient (Wildman–Crippen LogP) is 3.16. The Balaban J connectivity index is 1.40. The van der Waals surface area contributed by atoms with E-state index in [1.54, 1.807) is 12.1 Å². The van der Waals surface area contributed by atoms with Crippen LogP contribution in [-0.4, -0.2) is 54.6 Å². The zero-order valence-corrected chi connectivity index (χ0v) is 17.5. The molecule has 1 amide bonds. The highest BCUT2D eigenvalue weighted by atomic mass is 79.9. The van der Waals surface area contributed by atoms with Crippen LogP contribution in [0.4, 0.5) is 4.39 Å². The lowest BCUT2D eigenvalue weighted by Crippen LogP contribution is -2.48. The Morgan fingerprint density at radius 3 is 2.54 bits per heavy atom. The average Bonchev–Trinajstić information content (AvgIpc) is 2.68. The van der Waals surface area contributed by atoms with E-state index in [1.165, 1.54) is 23.4 Å². The summed E-state index contributed by atoms with van der Waals surface area (Å²) < 4.78 is 14.4. The summed E-state index contributed by atoms with van der Waals surface area (Å²) in [6.07, 6.45) is 1.32. The fraction of sp³-hybridized carbons (Fsp3) is 0.333. The van der Waals surface area contributed by atoms with Crippen LogP contribution in [0, 0.1) is 12.7 Å². The Morgan fingerprint density at radius 1 is 1.14 bits per heavy atom. The first kappa shape index (κ1) is 20.6. The van der Waals surface area contributed by atoms with Gasteiger partial charge in [-0.2, -0.15) is 5.10 Å². The lowest BCUT2D eigenvalue weighted by Gasteiger charge is -2.34. The lowest BCUT2D eigenvalue weighted by molar-refractivity contribution is -0.122. The second-order valence-corrected chi connectivity index (χ2v) is 7.91. The first-order valence-corrected chi connectivity index (χ1v) is 10.1. The third-order valence-corrected chi connectivity index (χ3v) is 5.20. The largest absolute Gasteiger partial charge is 0.297 e. The molecule has 2 aromatic rings. The van der Waals surface area contributed by atoms with Crippen molar-refractivity contribution in [3.8, 4) is 0 Å². The first-order valence-electron chi connectivity index (χ1n) is 9.27. The normalized spacial score (nSPS) is 15.8. The SMILES string of the molecule is Cc1ccc(CN2CCN(CC(=O)N/N=C/c3cc(Br)ccc3F)CC2)cc1. The Bertz CT molecular complexity index is 833. The van der Waals surface area contributed by atoms with Gasteiger partial charge in [-0.3, -0.25) is 14.6 Å². The summed E-state index contributed by atoms with van der Waals surface area (Å²) in [5.74, 6) is -0.579. The van der Waals surface area contributed by atoms with Crippen molar-refractivity contribution in [1.82, 2.24) is 15.2 Å². The number of halogens is 2. The van der Waals surface area contributed by atoms with Crippen molar-refractivity contribution in [1.29, 1.82) is 0 Å². The number of aryl methyl sites for hydroxylation is 1. The summed E-state index contributed by atoms with van der Waals surface area (Å²) in [6.45, 7) is 6.83. The molecule has 0 radical (unpaired) electrons. The van der Waals surface area contributed by atoms with Gasteiger partial charge in [-0.25, -0.2) is 9.82 Å². The molecule has 28 heavy (non-hydrogen) atoms. The molecule has 0 unspecified atom stereocenters. The molecule has 0 spiro atoms. The zero-order valence-electron chi connectivity index (χ0n) is 15.9. The Morgan fingerprint density at radius 2 is 1.82 bits per heavy atom. The van der Waals surface area contributed by atoms with E-state index in [0.29, 0.717) is 5.56 Å². The van der Waals surface area contributed by atoms with Crippen LogP contribution in [0.15, 0.2) is 52.0 Å². The summed E-state index contributed by atoms with van der Waals surface area (Å²) in [5.41, 5.74) is 5.37. The van der Waals surface area contributed by atoms with Crippen molar-refractivity contribution in [3.05, 3.63) is 69.4 Å². The molecule has 1 aliphatic rings. The van der Waals surface area contributed by atoms with E-state index in [9.17, 15) is 9.18 Å². The van der Waals surface area contributed by atoms with Gasteiger partial charge in [-0.1, -0.05) is 45.8 Å². The molecule has 0 saturated carbocycles. The lowest BCUT2D eigenvalue weighted by atomic mass is 10.1. The number of carbonyl (C=O) groups excluding carboxylic acids is 1. The smallest absolute Gasteiger partial charge is 0.254 e. The van der Waals surface area contributed by atoms with Gasteiger partial charge in [-0.15, -0.1) is 0 Å². The molecule has 1 N–H and O–H groups in total. The molecule has 0 atom stereocenters. The minimum atomic E-state index is -0.383. The van der Waals surface area contributed by atoms with E-state index in [-0.39, 0.29) is 18.3 Å². The predicted molar refractivity (Wildman–Crippen MR) is 113 cm³/mol. The Hall–Kier alpha value is -2.09. The van der Waals surface area contributed by atoms with Gasteiger partial charge in [0.15, 0.2) is 0 Å². The maximum atomic E-state index is 13.6. The second kappa shape index (κ2) is 9.91. The van der Waals surface area contributed by atoms with Gasteiger partial charge in [0, 0.05) is 42.8 Å². The molecule has 1 heterocycles. The van der Waals surface area contributed by atoms with Gasteiger partial charge < -0.3 is 0 Å². The number of hydrazone groups is 1. The molecule has 1 aliphatic heterocycles. The summed E-state index contributed by atoms with van der Waals surface area (Å²) >= 11 is 3.29. The topological polar surface area (TPSA) is 47.9 Å². The number of piperazine rings is 1. The third-order valence-electron chi connectivity index (χ3n) is 4.71. The molecular weight excluding hydrogens is 423 g/mol. The standard InChI is InChI=1S/C21H24BrFN4O/c1-16-2-4-17(5-3-16)14-26-8-10-27(11-9-26)15-21(28)25-24-13-18-12-19(22)6-7-20(18)23/h2-7,12-13H,8-11,14-15H2,1H3,(H,25,28)/b24-13+. The molecule has 3 rings (SSSR count). The van der Waals surface area contributed by atoms with Gasteiger partial charge >= 0.3 is 0 Å². The molecule has 1 fully saturated rings. The van der Waals surface area contributed by atoms with E-state index in [0.717, 1.165) is 37.2 Å². The van der Waals surface area contributed by atoms with E-state index in [1.807, 2.05) is 0 Å². The highest BCUT2D eigenvalue weighted by molar-refractivity contribution is 9.10. The monoisotopic (exact) mass is 446 g/mol. The van der Waals surface area contributed by atoms with Gasteiger partial charge in [0.25, 0.3) is 5.91 Å². The third kappa shape index (κ3) is 6.22. The zero-order chi connectivity index (χ0) is 19.9. The fourth-order valence-electron chi connectivity index (χ4n) is 3.08. The number of rotatable bonds is 6. The van der Waals surface area contributed by atoms with Crippen molar-refractivity contribution in [2.45, 2.75) is 13.5 Å². The molecule has 1 saturated heterocycles. The van der Waals surface area contributed by atoms with Crippen LogP contribution in [0.2, 0.25) is 0 Å².